The van der Waals surface area contributed by atoms with Gasteiger partial charge in [-0.05, 0) is 68.4 Å². The molecule has 0 saturated carbocycles. The van der Waals surface area contributed by atoms with E-state index in [1.807, 2.05) is 24.4 Å². The minimum atomic E-state index is -0.106. The van der Waals surface area contributed by atoms with Crippen LogP contribution in [0.1, 0.15) is 49.4 Å². The number of benzene rings is 1. The second-order valence-corrected chi connectivity index (χ2v) is 8.15. The van der Waals surface area contributed by atoms with Gasteiger partial charge in [-0.1, -0.05) is 6.92 Å². The molecule has 0 aliphatic carbocycles. The van der Waals surface area contributed by atoms with Gasteiger partial charge in [-0.2, -0.15) is 0 Å². The first-order valence-electron chi connectivity index (χ1n) is 10.6. The van der Waals surface area contributed by atoms with Crippen molar-refractivity contribution in [3.8, 4) is 0 Å². The van der Waals surface area contributed by atoms with Crippen LogP contribution in [-0.2, 0) is 0 Å². The molecule has 2 aromatic rings. The van der Waals surface area contributed by atoms with Crippen molar-refractivity contribution in [3.63, 3.8) is 0 Å². The molecule has 148 valence electrons. The van der Waals surface area contributed by atoms with Crippen molar-refractivity contribution < 1.29 is 4.79 Å². The third-order valence-corrected chi connectivity index (χ3v) is 5.98. The van der Waals surface area contributed by atoms with Crippen molar-refractivity contribution in [2.24, 2.45) is 5.92 Å². The summed E-state index contributed by atoms with van der Waals surface area (Å²) in [7, 11) is 0. The fourth-order valence-corrected chi connectivity index (χ4v) is 4.10. The van der Waals surface area contributed by atoms with E-state index >= 15 is 0 Å². The van der Waals surface area contributed by atoms with Crippen LogP contribution in [0.5, 0.6) is 0 Å². The molecule has 0 unspecified atom stereocenters. The van der Waals surface area contributed by atoms with Gasteiger partial charge < -0.3 is 15.1 Å². The van der Waals surface area contributed by atoms with Crippen LogP contribution in [0.2, 0.25) is 0 Å². The molecule has 0 atom stereocenters. The number of nitrogens with zero attached hydrogens (tertiary/aromatic N) is 3. The zero-order chi connectivity index (χ0) is 19.3. The van der Waals surface area contributed by atoms with Crippen LogP contribution < -0.4 is 15.1 Å². The Morgan fingerprint density at radius 2 is 1.61 bits per heavy atom. The summed E-state index contributed by atoms with van der Waals surface area (Å²) in [5.41, 5.74) is 3.71. The highest BCUT2D eigenvalue weighted by Crippen LogP contribution is 2.24. The molecule has 5 heteroatoms. The molecule has 1 aromatic heterocycles. The smallest absolute Gasteiger partial charge is 0.257 e. The van der Waals surface area contributed by atoms with E-state index in [2.05, 4.69) is 39.2 Å². The zero-order valence-corrected chi connectivity index (χ0v) is 16.7. The molecule has 28 heavy (non-hydrogen) atoms. The summed E-state index contributed by atoms with van der Waals surface area (Å²) in [6, 6.07) is 10.1. The topological polar surface area (TPSA) is 48.5 Å². The number of amides is 1. The van der Waals surface area contributed by atoms with Crippen molar-refractivity contribution in [1.29, 1.82) is 0 Å². The number of piperidine rings is 2. The van der Waals surface area contributed by atoms with Crippen LogP contribution in [0.15, 0.2) is 42.7 Å². The van der Waals surface area contributed by atoms with Gasteiger partial charge in [-0.15, -0.1) is 0 Å². The van der Waals surface area contributed by atoms with E-state index in [0.717, 1.165) is 43.5 Å². The maximum atomic E-state index is 12.7. The van der Waals surface area contributed by atoms with E-state index in [-0.39, 0.29) is 5.91 Å². The van der Waals surface area contributed by atoms with Crippen molar-refractivity contribution in [3.05, 3.63) is 48.3 Å². The van der Waals surface area contributed by atoms with Gasteiger partial charge in [0.15, 0.2) is 0 Å². The van der Waals surface area contributed by atoms with E-state index in [4.69, 9.17) is 0 Å². The van der Waals surface area contributed by atoms with Gasteiger partial charge in [0.05, 0.1) is 17.4 Å². The Bertz CT molecular complexity index is 791. The molecular weight excluding hydrogens is 348 g/mol. The second-order valence-electron chi connectivity index (χ2n) is 8.15. The fourth-order valence-electron chi connectivity index (χ4n) is 4.10. The molecule has 1 N–H and O–H groups in total. The molecule has 2 saturated heterocycles. The molecule has 5 nitrogen and oxygen atoms in total. The van der Waals surface area contributed by atoms with Crippen LogP contribution in [0.4, 0.5) is 17.1 Å². The Morgan fingerprint density at radius 1 is 0.929 bits per heavy atom. The van der Waals surface area contributed by atoms with Crippen molar-refractivity contribution >= 4 is 23.0 Å². The molecule has 1 aromatic carbocycles. The van der Waals surface area contributed by atoms with Gasteiger partial charge in [0.25, 0.3) is 5.91 Å². The molecular formula is C23H30N4O. The SMILES string of the molecule is CC1CCN(c2cncc(C(=O)Nc3ccc(N4CCCCC4)cc3)c2)CC1. The lowest BCUT2D eigenvalue weighted by Gasteiger charge is -2.32. The third-order valence-electron chi connectivity index (χ3n) is 5.98. The number of aromatic nitrogens is 1. The number of pyridine rings is 1. The first-order valence-corrected chi connectivity index (χ1v) is 10.6. The van der Waals surface area contributed by atoms with E-state index in [1.165, 1.54) is 37.8 Å². The second kappa shape index (κ2) is 8.63. The normalized spacial score (nSPS) is 18.2. The summed E-state index contributed by atoms with van der Waals surface area (Å²) in [5.74, 6) is 0.675. The highest BCUT2D eigenvalue weighted by molar-refractivity contribution is 6.04. The van der Waals surface area contributed by atoms with Gasteiger partial charge in [0.2, 0.25) is 0 Å². The van der Waals surface area contributed by atoms with Gasteiger partial charge in [-0.25, -0.2) is 0 Å². The average molecular weight is 379 g/mol. The lowest BCUT2D eigenvalue weighted by Crippen LogP contribution is -2.33. The van der Waals surface area contributed by atoms with Crippen LogP contribution in [-0.4, -0.2) is 37.1 Å². The standard InChI is InChI=1S/C23H30N4O/c1-18-9-13-27(14-10-18)22-15-19(16-24-17-22)23(28)25-20-5-7-21(8-6-20)26-11-3-2-4-12-26/h5-8,15-18H,2-4,9-14H2,1H3,(H,25,28). The van der Waals surface area contributed by atoms with Crippen LogP contribution in [0, 0.1) is 5.92 Å². The molecule has 2 aliphatic rings. The summed E-state index contributed by atoms with van der Waals surface area (Å²) in [6.07, 6.45) is 9.75. The van der Waals surface area contributed by atoms with E-state index in [9.17, 15) is 4.79 Å². The summed E-state index contributed by atoms with van der Waals surface area (Å²) in [4.78, 5) is 21.8. The predicted octanol–water partition coefficient (Wildman–Crippen LogP) is 4.56. The Labute approximate surface area is 167 Å². The molecule has 4 rings (SSSR count). The van der Waals surface area contributed by atoms with Crippen molar-refractivity contribution in [1.82, 2.24) is 4.98 Å². The summed E-state index contributed by atoms with van der Waals surface area (Å²) in [6.45, 7) is 6.62. The molecule has 0 radical (unpaired) electrons. The molecule has 3 heterocycles. The highest BCUT2D eigenvalue weighted by atomic mass is 16.1. The minimum Gasteiger partial charge on any atom is -0.372 e. The average Bonchev–Trinajstić information content (AvgIpc) is 2.75. The number of anilines is 3. The summed E-state index contributed by atoms with van der Waals surface area (Å²) >= 11 is 0. The van der Waals surface area contributed by atoms with Crippen LogP contribution in [0.25, 0.3) is 0 Å². The summed E-state index contributed by atoms with van der Waals surface area (Å²) in [5, 5.41) is 3.01. The Kier molecular flexibility index (Phi) is 5.79. The molecule has 2 aliphatic heterocycles. The monoisotopic (exact) mass is 378 g/mol. The van der Waals surface area contributed by atoms with E-state index in [1.54, 1.807) is 6.20 Å². The number of hydrogen-bond acceptors (Lipinski definition) is 4. The highest BCUT2D eigenvalue weighted by Gasteiger charge is 2.18. The molecule has 1 amide bonds. The first kappa shape index (κ1) is 18.8. The first-order chi connectivity index (χ1) is 13.7. The number of rotatable bonds is 4. The van der Waals surface area contributed by atoms with E-state index < -0.39 is 0 Å². The van der Waals surface area contributed by atoms with Gasteiger partial charge in [0, 0.05) is 43.8 Å². The Hall–Kier alpha value is -2.56. The predicted molar refractivity (Wildman–Crippen MR) is 115 cm³/mol. The lowest BCUT2D eigenvalue weighted by molar-refractivity contribution is 0.102. The van der Waals surface area contributed by atoms with E-state index in [0.29, 0.717) is 5.56 Å². The van der Waals surface area contributed by atoms with Gasteiger partial charge >= 0.3 is 0 Å². The molecule has 2 fully saturated rings. The lowest BCUT2D eigenvalue weighted by atomic mass is 9.99. The fraction of sp³-hybridized carbons (Fsp3) is 0.478. The number of hydrogen-bond donors (Lipinski definition) is 1. The van der Waals surface area contributed by atoms with Crippen LogP contribution in [0.3, 0.4) is 0 Å². The number of nitrogens with one attached hydrogen (secondary N) is 1. The van der Waals surface area contributed by atoms with Crippen LogP contribution >= 0.6 is 0 Å². The van der Waals surface area contributed by atoms with Gasteiger partial charge in [0.1, 0.15) is 0 Å². The third kappa shape index (κ3) is 4.46. The van der Waals surface area contributed by atoms with Crippen molar-refractivity contribution in [2.45, 2.75) is 39.0 Å². The van der Waals surface area contributed by atoms with Gasteiger partial charge in [-0.3, -0.25) is 9.78 Å². The minimum absolute atomic E-state index is 0.106. The molecule has 0 spiro atoms. The van der Waals surface area contributed by atoms with Crippen molar-refractivity contribution in [2.75, 3.05) is 41.3 Å². The maximum Gasteiger partial charge on any atom is 0.257 e. The maximum absolute atomic E-state index is 12.7. The molecule has 0 bridgehead atoms. The number of carbonyl (C=O) groups is 1. The Morgan fingerprint density at radius 3 is 2.32 bits per heavy atom. The Balaban J connectivity index is 1.40. The quantitative estimate of drug-likeness (QED) is 0.847. The summed E-state index contributed by atoms with van der Waals surface area (Å²) < 4.78 is 0. The number of carbonyl (C=O) groups excluding carboxylic acids is 1. The zero-order valence-electron chi connectivity index (χ0n) is 16.7. The largest absolute Gasteiger partial charge is 0.372 e.